The highest BCUT2D eigenvalue weighted by Gasteiger charge is 1.87. The smallest absolute Gasteiger partial charge is 0.118 e. The van der Waals surface area contributed by atoms with Gasteiger partial charge in [0, 0.05) is 0 Å². The van der Waals surface area contributed by atoms with Crippen LogP contribution in [-0.4, -0.2) is 5.11 Å². The number of hydrogen-bond donors (Lipinski definition) is 1. The second kappa shape index (κ2) is 1.86. The molecule has 0 spiro atoms. The molecule has 1 nitrogen and oxygen atoms in total. The van der Waals surface area contributed by atoms with Gasteiger partial charge in [-0.2, -0.15) is 0 Å². The standard InChI is InChI=1S/C7H7O/c1-6-4-2-3-5-7(6)8/h2-5,8H,1H2. The Morgan fingerprint density at radius 3 is 2.25 bits per heavy atom. The van der Waals surface area contributed by atoms with Crippen LogP contribution in [0.3, 0.4) is 0 Å². The molecule has 1 heteroatoms. The zero-order valence-electron chi connectivity index (χ0n) is 4.46. The third-order valence-corrected chi connectivity index (χ3v) is 0.992. The summed E-state index contributed by atoms with van der Waals surface area (Å²) in [5.74, 6) is 0.257. The lowest BCUT2D eigenvalue weighted by atomic mass is 10.2. The van der Waals surface area contributed by atoms with Crippen LogP contribution >= 0.6 is 0 Å². The average Bonchev–Trinajstić information content (AvgIpc) is 1.77. The molecule has 0 unspecified atom stereocenters. The monoisotopic (exact) mass is 107 g/mol. The molecule has 0 aromatic heterocycles. The van der Waals surface area contributed by atoms with Crippen molar-refractivity contribution in [2.45, 2.75) is 0 Å². The Balaban J connectivity index is 3.13. The Morgan fingerprint density at radius 1 is 1.25 bits per heavy atom. The molecule has 0 aliphatic carbocycles. The summed E-state index contributed by atoms with van der Waals surface area (Å²) in [6, 6.07) is 6.98. The van der Waals surface area contributed by atoms with Crippen molar-refractivity contribution < 1.29 is 5.11 Å². The van der Waals surface area contributed by atoms with Crippen molar-refractivity contribution >= 4 is 0 Å². The van der Waals surface area contributed by atoms with E-state index in [0.717, 1.165) is 0 Å². The van der Waals surface area contributed by atoms with E-state index < -0.39 is 0 Å². The highest BCUT2D eigenvalue weighted by Crippen LogP contribution is 2.12. The molecule has 0 fully saturated rings. The number of hydrogen-bond acceptors (Lipinski definition) is 1. The Hall–Kier alpha value is -0.980. The van der Waals surface area contributed by atoms with Gasteiger partial charge in [0.15, 0.2) is 0 Å². The summed E-state index contributed by atoms with van der Waals surface area (Å²) in [5.41, 5.74) is 0.674. The van der Waals surface area contributed by atoms with E-state index in [1.54, 1.807) is 18.2 Å². The van der Waals surface area contributed by atoms with Crippen molar-refractivity contribution in [3.8, 4) is 5.75 Å². The first kappa shape index (κ1) is 5.16. The van der Waals surface area contributed by atoms with E-state index in [1.165, 1.54) is 0 Å². The van der Waals surface area contributed by atoms with Gasteiger partial charge in [-0.1, -0.05) is 18.2 Å². The van der Waals surface area contributed by atoms with Gasteiger partial charge in [-0.25, -0.2) is 0 Å². The van der Waals surface area contributed by atoms with Gasteiger partial charge in [0.05, 0.1) is 0 Å². The first-order valence-electron chi connectivity index (χ1n) is 2.40. The van der Waals surface area contributed by atoms with Crippen molar-refractivity contribution in [1.29, 1.82) is 0 Å². The van der Waals surface area contributed by atoms with E-state index in [0.29, 0.717) is 5.56 Å². The number of benzene rings is 1. The molecule has 0 heterocycles. The van der Waals surface area contributed by atoms with Crippen LogP contribution in [0.2, 0.25) is 0 Å². The van der Waals surface area contributed by atoms with Crippen LogP contribution in [-0.2, 0) is 0 Å². The molecule has 41 valence electrons. The van der Waals surface area contributed by atoms with Crippen LogP contribution in [0.25, 0.3) is 0 Å². The van der Waals surface area contributed by atoms with Gasteiger partial charge in [0.1, 0.15) is 5.75 Å². The van der Waals surface area contributed by atoms with Gasteiger partial charge >= 0.3 is 0 Å². The summed E-state index contributed by atoms with van der Waals surface area (Å²) in [6.45, 7) is 3.57. The number of phenols is 1. The molecule has 0 saturated heterocycles. The van der Waals surface area contributed by atoms with Gasteiger partial charge in [0.2, 0.25) is 0 Å². The highest BCUT2D eigenvalue weighted by molar-refractivity contribution is 5.33. The van der Waals surface area contributed by atoms with Crippen LogP contribution in [0.15, 0.2) is 24.3 Å². The maximum atomic E-state index is 8.86. The van der Waals surface area contributed by atoms with Crippen molar-refractivity contribution in [2.75, 3.05) is 0 Å². The van der Waals surface area contributed by atoms with E-state index in [2.05, 4.69) is 6.92 Å². The van der Waals surface area contributed by atoms with Crippen molar-refractivity contribution in [1.82, 2.24) is 0 Å². The van der Waals surface area contributed by atoms with E-state index in [-0.39, 0.29) is 5.75 Å². The van der Waals surface area contributed by atoms with E-state index in [4.69, 9.17) is 5.11 Å². The minimum Gasteiger partial charge on any atom is -0.508 e. The van der Waals surface area contributed by atoms with Crippen molar-refractivity contribution in [2.24, 2.45) is 0 Å². The average molecular weight is 107 g/mol. The molecule has 0 saturated carbocycles. The van der Waals surface area contributed by atoms with Gasteiger partial charge in [-0.3, -0.25) is 0 Å². The van der Waals surface area contributed by atoms with Gasteiger partial charge in [-0.15, -0.1) is 0 Å². The zero-order chi connectivity index (χ0) is 5.98. The largest absolute Gasteiger partial charge is 0.508 e. The van der Waals surface area contributed by atoms with Crippen LogP contribution in [0.1, 0.15) is 5.56 Å². The molecule has 0 atom stereocenters. The molecule has 1 radical (unpaired) electrons. The topological polar surface area (TPSA) is 20.2 Å². The third-order valence-electron chi connectivity index (χ3n) is 0.992. The van der Waals surface area contributed by atoms with E-state index in [9.17, 15) is 0 Å². The number of para-hydroxylation sites is 1. The quantitative estimate of drug-likeness (QED) is 0.533. The summed E-state index contributed by atoms with van der Waals surface area (Å²) in [6.07, 6.45) is 0. The SMILES string of the molecule is [CH2]c1ccccc1O. The maximum Gasteiger partial charge on any atom is 0.118 e. The molecular formula is C7H7O. The molecule has 1 aromatic carbocycles. The number of aromatic hydroxyl groups is 1. The number of phenolic OH excluding ortho intramolecular Hbond substituents is 1. The first-order chi connectivity index (χ1) is 3.80. The maximum absolute atomic E-state index is 8.86. The predicted octanol–water partition coefficient (Wildman–Crippen LogP) is 1.57. The van der Waals surface area contributed by atoms with E-state index >= 15 is 0 Å². The first-order valence-corrected chi connectivity index (χ1v) is 2.40. The summed E-state index contributed by atoms with van der Waals surface area (Å²) < 4.78 is 0. The highest BCUT2D eigenvalue weighted by atomic mass is 16.3. The normalized spacial score (nSPS) is 9.12. The van der Waals surface area contributed by atoms with Crippen molar-refractivity contribution in [3.05, 3.63) is 36.8 Å². The van der Waals surface area contributed by atoms with E-state index in [1.807, 2.05) is 6.07 Å². The predicted molar refractivity (Wildman–Crippen MR) is 32.6 cm³/mol. The molecule has 0 amide bonds. The number of rotatable bonds is 0. The van der Waals surface area contributed by atoms with Crippen LogP contribution in [0, 0.1) is 6.92 Å². The lowest BCUT2D eigenvalue weighted by Gasteiger charge is -1.92. The summed E-state index contributed by atoms with van der Waals surface area (Å²) in [7, 11) is 0. The fraction of sp³-hybridized carbons (Fsp3) is 0. The zero-order valence-corrected chi connectivity index (χ0v) is 4.46. The Bertz CT molecular complexity index is 160. The minimum absolute atomic E-state index is 0.257. The fourth-order valence-corrected chi connectivity index (χ4v) is 0.511. The second-order valence-corrected chi connectivity index (χ2v) is 1.63. The van der Waals surface area contributed by atoms with Crippen LogP contribution < -0.4 is 0 Å². The molecular weight excluding hydrogens is 100 g/mol. The lowest BCUT2D eigenvalue weighted by Crippen LogP contribution is -1.68. The third kappa shape index (κ3) is 0.808. The molecule has 1 rings (SSSR count). The molecule has 0 aliphatic heterocycles. The Labute approximate surface area is 48.6 Å². The molecule has 1 N–H and O–H groups in total. The minimum atomic E-state index is 0.257. The lowest BCUT2D eigenvalue weighted by molar-refractivity contribution is 0.473. The second-order valence-electron chi connectivity index (χ2n) is 1.63. The Morgan fingerprint density at radius 2 is 1.88 bits per heavy atom. The Kier molecular flexibility index (Phi) is 1.20. The van der Waals surface area contributed by atoms with Gasteiger partial charge in [-0.05, 0) is 18.6 Å². The molecule has 0 bridgehead atoms. The van der Waals surface area contributed by atoms with Crippen molar-refractivity contribution in [3.63, 3.8) is 0 Å². The fourth-order valence-electron chi connectivity index (χ4n) is 0.511. The van der Waals surface area contributed by atoms with Gasteiger partial charge in [0.25, 0.3) is 0 Å². The summed E-state index contributed by atoms with van der Waals surface area (Å²) >= 11 is 0. The molecule has 0 aliphatic rings. The molecule has 8 heavy (non-hydrogen) atoms. The van der Waals surface area contributed by atoms with Crippen LogP contribution in [0.5, 0.6) is 5.75 Å². The van der Waals surface area contributed by atoms with Crippen LogP contribution in [0.4, 0.5) is 0 Å². The summed E-state index contributed by atoms with van der Waals surface area (Å²) in [4.78, 5) is 0. The molecule has 1 aromatic rings. The summed E-state index contributed by atoms with van der Waals surface area (Å²) in [5, 5.41) is 8.86. The van der Waals surface area contributed by atoms with Gasteiger partial charge < -0.3 is 5.11 Å².